The largest absolute Gasteiger partial charge is 0.463 e. The van der Waals surface area contributed by atoms with Crippen LogP contribution in [-0.4, -0.2) is 24.5 Å². The van der Waals surface area contributed by atoms with Crippen LogP contribution in [0.2, 0.25) is 5.04 Å². The van der Waals surface area contributed by atoms with Gasteiger partial charge in [0.15, 0.2) is 0 Å². The predicted molar refractivity (Wildman–Crippen MR) is 225 cm³/mol. The molecule has 0 rings (SSSR count). The number of hydrogen-bond acceptors (Lipinski definition) is 2. The van der Waals surface area contributed by atoms with Crippen molar-refractivity contribution in [3.8, 4) is 0 Å². The monoisotopic (exact) mass is 784 g/mol. The molecule has 0 aromatic carbocycles. The number of hydrogen-bond donors (Lipinski definition) is 0. The quantitative estimate of drug-likeness (QED) is 0.0154. The number of carbonyl (C=O) groups is 1. The average molecular weight is 787 g/mol. The van der Waals surface area contributed by atoms with E-state index in [2.05, 4.69) is 13.5 Å². The van der Waals surface area contributed by atoms with Crippen molar-refractivity contribution in [1.82, 2.24) is 0 Å². The molecule has 0 saturated heterocycles. The minimum Gasteiger partial charge on any atom is -0.463 e. The summed E-state index contributed by atoms with van der Waals surface area (Å²) in [4.78, 5) is 11.1. The molecule has 2 nitrogen and oxygen atoms in total. The Morgan fingerprint density at radius 3 is 1.08 bits per heavy atom. The molecule has 49 heavy (non-hydrogen) atoms. The van der Waals surface area contributed by atoms with E-state index in [-0.39, 0.29) is 11.0 Å². The number of halogens is 4. The van der Waals surface area contributed by atoms with Crippen molar-refractivity contribution in [3.05, 3.63) is 12.7 Å². The number of unbranched alkanes of at least 4 members (excludes halogenated alkanes) is 29. The zero-order valence-corrected chi connectivity index (χ0v) is 36.3. The first-order valence-corrected chi connectivity index (χ1v) is 26.8. The minimum absolute atomic E-state index is 0.0507. The Hall–Kier alpha value is 0.587. The van der Waals surface area contributed by atoms with Crippen LogP contribution in [0.5, 0.6) is 0 Å². The summed E-state index contributed by atoms with van der Waals surface area (Å²) in [6.07, 6.45) is 46.2. The lowest BCUT2D eigenvalue weighted by molar-refractivity contribution is -0.137. The molecule has 0 aliphatic heterocycles. The highest BCUT2D eigenvalue weighted by Crippen LogP contribution is 2.57. The van der Waals surface area contributed by atoms with Crippen LogP contribution < -0.4 is 0 Å². The van der Waals surface area contributed by atoms with E-state index in [0.29, 0.717) is 6.61 Å². The predicted octanol–water partition coefficient (Wildman–Crippen LogP) is 17.0. The highest BCUT2D eigenvalue weighted by atomic mass is 35.8. The highest BCUT2D eigenvalue weighted by Gasteiger charge is 2.49. The highest BCUT2D eigenvalue weighted by molar-refractivity contribution is 7.65. The molecule has 1 atom stereocenters. The lowest BCUT2D eigenvalue weighted by atomic mass is 9.88. The van der Waals surface area contributed by atoms with E-state index in [1.807, 2.05) is 0 Å². The lowest BCUT2D eigenvalue weighted by Crippen LogP contribution is -2.34. The van der Waals surface area contributed by atoms with Crippen molar-refractivity contribution in [2.24, 2.45) is 0 Å². The Balaban J connectivity index is 4.47. The Bertz CT molecular complexity index is 717. The van der Waals surface area contributed by atoms with E-state index in [1.54, 1.807) is 0 Å². The first kappa shape index (κ1) is 49.6. The van der Waals surface area contributed by atoms with Crippen LogP contribution in [0.1, 0.15) is 232 Å². The fourth-order valence-corrected chi connectivity index (χ4v) is 11.4. The van der Waals surface area contributed by atoms with Crippen LogP contribution in [0.4, 0.5) is 0 Å². The number of esters is 1. The van der Waals surface area contributed by atoms with Gasteiger partial charge in [-0.3, -0.25) is 0 Å². The molecule has 0 aliphatic carbocycles. The normalized spacial score (nSPS) is 13.1. The molecular formula is C42H80Cl4O2Si. The number of rotatable bonds is 40. The maximum absolute atomic E-state index is 11.1. The molecule has 0 aromatic rings. The summed E-state index contributed by atoms with van der Waals surface area (Å²) in [5, 5.41) is -0.0507. The summed E-state index contributed by atoms with van der Waals surface area (Å²) in [5.74, 6) is 0.496. The molecule has 1 unspecified atom stereocenters. The molecule has 0 N–H and O–H groups in total. The number of carbonyl (C=O) groups excluding carboxylic acids is 1. The van der Waals surface area contributed by atoms with Gasteiger partial charge in [0.25, 0.3) is 0 Å². The summed E-state index contributed by atoms with van der Waals surface area (Å²) in [6, 6.07) is -2.86. The van der Waals surface area contributed by atoms with E-state index >= 15 is 0 Å². The average Bonchev–Trinajstić information content (AvgIpc) is 3.08. The van der Waals surface area contributed by atoms with E-state index < -0.39 is 6.00 Å². The second-order valence-electron chi connectivity index (χ2n) is 15.0. The fourth-order valence-electron chi connectivity index (χ4n) is 7.29. The van der Waals surface area contributed by atoms with E-state index in [1.165, 1.54) is 199 Å². The number of ether oxygens (including phenoxy) is 1. The summed E-state index contributed by atoms with van der Waals surface area (Å²) < 4.78 is 5.05. The first-order chi connectivity index (χ1) is 23.8. The standard InChI is InChI=1S/C42H80Cl4O2Si/c1-3-5-6-7-8-9-16-21-26-31-36-42(49(44,45)46,37-32-27-22-17-12-10-14-19-24-29-34-39-43)38-33-28-23-18-13-11-15-20-25-30-35-40-48-41(47)4-2/h4H,2-3,5-40H2,1H3. The Labute approximate surface area is 326 Å². The Morgan fingerprint density at radius 2 is 0.796 bits per heavy atom. The molecule has 0 bridgehead atoms. The molecular weight excluding hydrogens is 706 g/mol. The maximum Gasteiger partial charge on any atom is 0.347 e. The van der Waals surface area contributed by atoms with Crippen molar-refractivity contribution in [3.63, 3.8) is 0 Å². The topological polar surface area (TPSA) is 26.3 Å². The molecule has 0 aromatic heterocycles. The zero-order chi connectivity index (χ0) is 36.2. The van der Waals surface area contributed by atoms with Gasteiger partial charge in [0, 0.05) is 17.0 Å². The third kappa shape index (κ3) is 31.8. The van der Waals surface area contributed by atoms with Crippen LogP contribution in [0, 0.1) is 0 Å². The van der Waals surface area contributed by atoms with Crippen LogP contribution >= 0.6 is 44.8 Å². The van der Waals surface area contributed by atoms with E-state index in [4.69, 9.17) is 49.6 Å². The fraction of sp³-hybridized carbons (Fsp3) is 0.929. The SMILES string of the molecule is C=CC(=O)OCCCCCCCCCCCCCC(CCCCCCCCCCCC)(CCCCCCCCCCCCCCl)[Si](Cl)(Cl)Cl. The van der Waals surface area contributed by atoms with Crippen molar-refractivity contribution in [1.29, 1.82) is 0 Å². The van der Waals surface area contributed by atoms with Gasteiger partial charge < -0.3 is 4.74 Å². The second-order valence-corrected chi connectivity index (χ2v) is 24.3. The van der Waals surface area contributed by atoms with Crippen molar-refractivity contribution in [2.45, 2.75) is 237 Å². The van der Waals surface area contributed by atoms with Gasteiger partial charge in [0.05, 0.1) is 6.61 Å². The van der Waals surface area contributed by atoms with Gasteiger partial charge in [-0.2, -0.15) is 0 Å². The van der Waals surface area contributed by atoms with Crippen molar-refractivity contribution >= 4 is 56.8 Å². The van der Waals surface area contributed by atoms with Gasteiger partial charge in [-0.15, -0.1) is 44.8 Å². The van der Waals surface area contributed by atoms with Crippen LogP contribution in [0.15, 0.2) is 12.7 Å². The summed E-state index contributed by atoms with van der Waals surface area (Å²) in [6.45, 7) is 6.24. The minimum atomic E-state index is -2.86. The molecule has 7 heteroatoms. The van der Waals surface area contributed by atoms with Gasteiger partial charge in [-0.1, -0.05) is 206 Å². The smallest absolute Gasteiger partial charge is 0.347 e. The van der Waals surface area contributed by atoms with Gasteiger partial charge in [-0.05, 0) is 32.1 Å². The molecule has 0 heterocycles. The molecule has 0 saturated carbocycles. The van der Waals surface area contributed by atoms with E-state index in [0.717, 1.165) is 38.0 Å². The third-order valence-corrected chi connectivity index (χ3v) is 16.4. The van der Waals surface area contributed by atoms with Crippen LogP contribution in [0.25, 0.3) is 0 Å². The van der Waals surface area contributed by atoms with E-state index in [9.17, 15) is 4.79 Å². The van der Waals surface area contributed by atoms with Crippen molar-refractivity contribution < 1.29 is 9.53 Å². The van der Waals surface area contributed by atoms with Crippen molar-refractivity contribution in [2.75, 3.05) is 12.5 Å². The van der Waals surface area contributed by atoms with Crippen LogP contribution in [-0.2, 0) is 9.53 Å². The Morgan fingerprint density at radius 1 is 0.510 bits per heavy atom. The van der Waals surface area contributed by atoms with Crippen LogP contribution in [0.3, 0.4) is 0 Å². The molecule has 0 amide bonds. The summed E-state index contributed by atoms with van der Waals surface area (Å²) in [5.41, 5.74) is 0. The van der Waals surface area contributed by atoms with Gasteiger partial charge >= 0.3 is 12.0 Å². The molecule has 0 radical (unpaired) electrons. The summed E-state index contributed by atoms with van der Waals surface area (Å²) in [7, 11) is 0. The lowest BCUT2D eigenvalue weighted by Gasteiger charge is -2.39. The zero-order valence-electron chi connectivity index (χ0n) is 32.3. The Kier molecular flexibility index (Phi) is 37.4. The maximum atomic E-state index is 11.1. The van der Waals surface area contributed by atoms with Gasteiger partial charge in [0.2, 0.25) is 0 Å². The first-order valence-electron chi connectivity index (χ1n) is 21.2. The summed E-state index contributed by atoms with van der Waals surface area (Å²) >= 11 is 26.9. The molecule has 0 spiro atoms. The number of alkyl halides is 1. The second kappa shape index (κ2) is 36.9. The molecule has 292 valence electrons. The van der Waals surface area contributed by atoms with Gasteiger partial charge in [-0.25, -0.2) is 4.79 Å². The molecule has 0 aliphatic rings. The third-order valence-electron chi connectivity index (χ3n) is 10.6. The molecule has 0 fully saturated rings. The van der Waals surface area contributed by atoms with Gasteiger partial charge in [0.1, 0.15) is 0 Å².